The molecule has 0 heterocycles. The largest absolute Gasteiger partial charge is 0.476 e. The van der Waals surface area contributed by atoms with Crippen molar-refractivity contribution in [2.45, 2.75) is 50.7 Å². The predicted molar refractivity (Wildman–Crippen MR) is 112 cm³/mol. The van der Waals surface area contributed by atoms with Crippen molar-refractivity contribution in [3.05, 3.63) is 60.2 Å². The van der Waals surface area contributed by atoms with E-state index in [2.05, 4.69) is 0 Å². The fourth-order valence-electron chi connectivity index (χ4n) is 2.80. The van der Waals surface area contributed by atoms with E-state index in [0.717, 1.165) is 5.56 Å². The topological polar surface area (TPSA) is 72.9 Å². The average molecular weight is 420 g/mol. The molecule has 0 spiro atoms. The number of sulfonamides is 1. The van der Waals surface area contributed by atoms with Crippen molar-refractivity contribution < 1.29 is 22.7 Å². The van der Waals surface area contributed by atoms with Crippen LogP contribution in [0.2, 0.25) is 0 Å². The number of hydrogen-bond donors (Lipinski definition) is 0. The second-order valence-electron chi connectivity index (χ2n) is 7.36. The van der Waals surface area contributed by atoms with E-state index in [4.69, 9.17) is 9.47 Å². The monoisotopic (exact) mass is 419 g/mol. The van der Waals surface area contributed by atoms with Gasteiger partial charge in [-0.1, -0.05) is 30.3 Å². The standard InChI is InChI=1S/C22H29NO5S/c1-6-27-21(24)22(3,4)28-19-14-12-18(13-15-19)16-17(2)23(5)29(25,26)20-10-8-7-9-11-20/h7-15,17H,6,16H2,1-5H3/t17-/m0/s1. The Bertz CT molecular complexity index is 908. The number of hydrogen-bond acceptors (Lipinski definition) is 5. The van der Waals surface area contributed by atoms with Gasteiger partial charge in [-0.15, -0.1) is 0 Å². The molecule has 0 saturated carbocycles. The zero-order chi connectivity index (χ0) is 21.7. The first-order valence-corrected chi connectivity index (χ1v) is 11.0. The zero-order valence-corrected chi connectivity index (χ0v) is 18.4. The van der Waals surface area contributed by atoms with Gasteiger partial charge in [0.2, 0.25) is 10.0 Å². The first-order chi connectivity index (χ1) is 13.6. The molecule has 158 valence electrons. The van der Waals surface area contributed by atoms with E-state index in [1.807, 2.05) is 19.1 Å². The van der Waals surface area contributed by atoms with Gasteiger partial charge < -0.3 is 9.47 Å². The van der Waals surface area contributed by atoms with Crippen LogP contribution in [0.1, 0.15) is 33.3 Å². The summed E-state index contributed by atoms with van der Waals surface area (Å²) in [4.78, 5) is 12.2. The third-order valence-electron chi connectivity index (χ3n) is 4.64. The van der Waals surface area contributed by atoms with E-state index >= 15 is 0 Å². The molecule has 0 aromatic heterocycles. The zero-order valence-electron chi connectivity index (χ0n) is 17.6. The van der Waals surface area contributed by atoms with Crippen LogP contribution in [0.25, 0.3) is 0 Å². The molecule has 7 heteroatoms. The van der Waals surface area contributed by atoms with Gasteiger partial charge >= 0.3 is 5.97 Å². The van der Waals surface area contributed by atoms with Crippen molar-refractivity contribution in [2.24, 2.45) is 0 Å². The lowest BCUT2D eigenvalue weighted by atomic mass is 10.1. The summed E-state index contributed by atoms with van der Waals surface area (Å²) in [5, 5.41) is 0. The first-order valence-electron chi connectivity index (χ1n) is 9.56. The maximum absolute atomic E-state index is 12.8. The number of ether oxygens (including phenoxy) is 2. The molecule has 6 nitrogen and oxygen atoms in total. The van der Waals surface area contributed by atoms with Gasteiger partial charge in [-0.25, -0.2) is 13.2 Å². The highest BCUT2D eigenvalue weighted by atomic mass is 32.2. The van der Waals surface area contributed by atoms with Gasteiger partial charge in [0.1, 0.15) is 5.75 Å². The molecule has 0 saturated heterocycles. The highest BCUT2D eigenvalue weighted by Gasteiger charge is 2.31. The molecular weight excluding hydrogens is 390 g/mol. The van der Waals surface area contributed by atoms with Crippen LogP contribution in [0.4, 0.5) is 0 Å². The second kappa shape index (κ2) is 9.41. The van der Waals surface area contributed by atoms with E-state index in [9.17, 15) is 13.2 Å². The Morgan fingerprint density at radius 1 is 1.07 bits per heavy atom. The second-order valence-corrected chi connectivity index (χ2v) is 9.36. The molecule has 0 aliphatic rings. The predicted octanol–water partition coefficient (Wildman–Crippen LogP) is 3.66. The summed E-state index contributed by atoms with van der Waals surface area (Å²) >= 11 is 0. The average Bonchev–Trinajstić information content (AvgIpc) is 2.69. The van der Waals surface area contributed by atoms with Crippen molar-refractivity contribution in [3.8, 4) is 5.75 Å². The number of rotatable bonds is 9. The van der Waals surface area contributed by atoms with Gasteiger partial charge in [0, 0.05) is 13.1 Å². The molecule has 2 rings (SSSR count). The van der Waals surface area contributed by atoms with Gasteiger partial charge in [-0.3, -0.25) is 0 Å². The SMILES string of the molecule is CCOC(=O)C(C)(C)Oc1ccc(C[C@H](C)N(C)S(=O)(=O)c2ccccc2)cc1. The first kappa shape index (κ1) is 22.9. The van der Waals surface area contributed by atoms with Crippen molar-refractivity contribution in [1.29, 1.82) is 0 Å². The van der Waals surface area contributed by atoms with Gasteiger partial charge in [-0.2, -0.15) is 4.31 Å². The van der Waals surface area contributed by atoms with Crippen LogP contribution in [-0.2, 0) is 26.0 Å². The Hall–Kier alpha value is -2.38. The number of likely N-dealkylation sites (N-methyl/N-ethyl adjacent to an activating group) is 1. The number of nitrogens with zero attached hydrogens (tertiary/aromatic N) is 1. The van der Waals surface area contributed by atoms with Crippen LogP contribution < -0.4 is 4.74 Å². The van der Waals surface area contributed by atoms with Crippen LogP contribution in [0.5, 0.6) is 5.75 Å². The minimum atomic E-state index is -3.55. The molecule has 0 radical (unpaired) electrons. The summed E-state index contributed by atoms with van der Waals surface area (Å²) < 4.78 is 37.7. The molecule has 0 N–H and O–H groups in total. The van der Waals surface area contributed by atoms with Crippen molar-refractivity contribution in [3.63, 3.8) is 0 Å². The van der Waals surface area contributed by atoms with E-state index in [1.54, 1.807) is 70.3 Å². The summed E-state index contributed by atoms with van der Waals surface area (Å²) in [5.74, 6) is 0.121. The molecule has 0 fully saturated rings. The smallest absolute Gasteiger partial charge is 0.349 e. The van der Waals surface area contributed by atoms with Crippen LogP contribution in [0.15, 0.2) is 59.5 Å². The van der Waals surface area contributed by atoms with E-state index in [1.165, 1.54) is 4.31 Å². The van der Waals surface area contributed by atoms with Crippen LogP contribution >= 0.6 is 0 Å². The molecule has 0 unspecified atom stereocenters. The molecule has 1 atom stereocenters. The summed E-state index contributed by atoms with van der Waals surface area (Å²) in [6.45, 7) is 7.23. The molecule has 2 aromatic rings. The lowest BCUT2D eigenvalue weighted by Gasteiger charge is -2.25. The Morgan fingerprint density at radius 3 is 2.21 bits per heavy atom. The molecule has 0 amide bonds. The maximum atomic E-state index is 12.8. The maximum Gasteiger partial charge on any atom is 0.349 e. The number of carbonyl (C=O) groups is 1. The Kier molecular flexibility index (Phi) is 7.43. The minimum absolute atomic E-state index is 0.233. The van der Waals surface area contributed by atoms with Gasteiger partial charge in [-0.05, 0) is 63.9 Å². The lowest BCUT2D eigenvalue weighted by molar-refractivity contribution is -0.158. The summed E-state index contributed by atoms with van der Waals surface area (Å²) in [5.41, 5.74) is -0.122. The van der Waals surface area contributed by atoms with Crippen molar-refractivity contribution in [1.82, 2.24) is 4.31 Å². The summed E-state index contributed by atoms with van der Waals surface area (Å²) in [7, 11) is -1.96. The highest BCUT2D eigenvalue weighted by molar-refractivity contribution is 7.89. The lowest BCUT2D eigenvalue weighted by Crippen LogP contribution is -2.39. The Balaban J connectivity index is 2.04. The quantitative estimate of drug-likeness (QED) is 0.580. The van der Waals surface area contributed by atoms with Crippen molar-refractivity contribution in [2.75, 3.05) is 13.7 Å². The third-order valence-corrected chi connectivity index (χ3v) is 6.62. The van der Waals surface area contributed by atoms with E-state index in [0.29, 0.717) is 18.8 Å². The number of esters is 1. The van der Waals surface area contributed by atoms with E-state index < -0.39 is 21.6 Å². The molecule has 0 bridgehead atoms. The van der Waals surface area contributed by atoms with Gasteiger partial charge in [0.15, 0.2) is 5.60 Å². The number of benzene rings is 2. The van der Waals surface area contributed by atoms with Crippen LogP contribution in [0.3, 0.4) is 0 Å². The molecule has 0 aliphatic carbocycles. The van der Waals surface area contributed by atoms with Crippen LogP contribution in [0, 0.1) is 0 Å². The molecule has 29 heavy (non-hydrogen) atoms. The van der Waals surface area contributed by atoms with Gasteiger partial charge in [0.25, 0.3) is 0 Å². The summed E-state index contributed by atoms with van der Waals surface area (Å²) in [6, 6.07) is 15.4. The molecular formula is C22H29NO5S. The fraction of sp³-hybridized carbons (Fsp3) is 0.409. The fourth-order valence-corrected chi connectivity index (χ4v) is 4.18. The Morgan fingerprint density at radius 2 is 1.66 bits per heavy atom. The van der Waals surface area contributed by atoms with Crippen molar-refractivity contribution >= 4 is 16.0 Å². The Labute approximate surface area is 173 Å². The third kappa shape index (κ3) is 5.81. The molecule has 0 aliphatic heterocycles. The minimum Gasteiger partial charge on any atom is -0.476 e. The highest BCUT2D eigenvalue weighted by Crippen LogP contribution is 2.22. The van der Waals surface area contributed by atoms with Gasteiger partial charge in [0.05, 0.1) is 11.5 Å². The normalized spacial score (nSPS) is 13.2. The summed E-state index contributed by atoms with van der Waals surface area (Å²) in [6.07, 6.45) is 0.546. The van der Waals surface area contributed by atoms with Crippen LogP contribution in [-0.4, -0.2) is 44.0 Å². The van der Waals surface area contributed by atoms with E-state index in [-0.39, 0.29) is 10.9 Å². The molecule has 2 aromatic carbocycles. The number of carbonyl (C=O) groups excluding carboxylic acids is 1.